The van der Waals surface area contributed by atoms with Crippen molar-refractivity contribution in [3.05, 3.63) is 65.7 Å². The Morgan fingerprint density at radius 1 is 0.969 bits per heavy atom. The first-order valence-electron chi connectivity index (χ1n) is 10.5. The normalized spacial score (nSPS) is 15.9. The Balaban J connectivity index is 2.57. The Morgan fingerprint density at radius 3 is 1.97 bits per heavy atom. The van der Waals surface area contributed by atoms with Crippen LogP contribution in [0.4, 0.5) is 0 Å². The zero-order valence-electron chi connectivity index (χ0n) is 20.2. The summed E-state index contributed by atoms with van der Waals surface area (Å²) in [5.74, 6) is -0.990. The van der Waals surface area contributed by atoms with E-state index < -0.39 is 38.8 Å². The van der Waals surface area contributed by atoms with Gasteiger partial charge in [-0.25, -0.2) is 8.93 Å². The molecule has 9 heteroatoms. The van der Waals surface area contributed by atoms with Gasteiger partial charge < -0.3 is 13.5 Å². The standard InChI is InChI=1S/C23H36NO5PSSi/c1-18-14-16-20(17-15-18)31(26)24-22(30(25,27-5)28-6)21(19-12-10-9-11-13-19)29-32(7,8)23(2,3)4/h9-17,21-22,24H,1-8H3/t21-,22+,31+/m0/s1. The third-order valence-corrected chi connectivity index (χ3v) is 13.9. The van der Waals surface area contributed by atoms with Crippen LogP contribution in [0.1, 0.15) is 38.0 Å². The molecule has 2 rings (SSSR count). The Bertz CT molecular complexity index is 939. The van der Waals surface area contributed by atoms with Crippen molar-refractivity contribution >= 4 is 26.9 Å². The van der Waals surface area contributed by atoms with Crippen molar-refractivity contribution in [1.82, 2.24) is 4.72 Å². The summed E-state index contributed by atoms with van der Waals surface area (Å²) in [5, 5.41) is -0.0924. The fraction of sp³-hybridized carbons (Fsp3) is 0.478. The van der Waals surface area contributed by atoms with Crippen molar-refractivity contribution in [2.24, 2.45) is 0 Å². The molecule has 6 nitrogen and oxygen atoms in total. The SMILES string of the molecule is COP(=O)(OC)[C@@H](N[S@](=O)c1ccc(C)cc1)[C@@H](O[Si](C)(C)C(C)(C)C)c1ccccc1. The molecule has 0 spiro atoms. The lowest BCUT2D eigenvalue weighted by Gasteiger charge is -2.42. The van der Waals surface area contributed by atoms with Gasteiger partial charge in [0.1, 0.15) is 11.0 Å². The molecule has 0 aliphatic rings. The molecule has 0 bridgehead atoms. The van der Waals surface area contributed by atoms with E-state index in [1.54, 1.807) is 12.1 Å². The van der Waals surface area contributed by atoms with Gasteiger partial charge in [0, 0.05) is 14.2 Å². The number of aryl methyl sites for hydroxylation is 1. The molecule has 0 aliphatic heterocycles. The molecule has 2 aromatic carbocycles. The lowest BCUT2D eigenvalue weighted by Crippen LogP contribution is -2.47. The van der Waals surface area contributed by atoms with Crippen LogP contribution in [-0.2, 0) is 29.0 Å². The molecule has 0 radical (unpaired) electrons. The molecule has 0 heterocycles. The van der Waals surface area contributed by atoms with Gasteiger partial charge >= 0.3 is 7.60 Å². The second-order valence-corrected chi connectivity index (χ2v) is 17.6. The summed E-state index contributed by atoms with van der Waals surface area (Å²) in [5.41, 5.74) is 1.87. The average Bonchev–Trinajstić information content (AvgIpc) is 2.75. The fourth-order valence-electron chi connectivity index (χ4n) is 2.89. The third-order valence-electron chi connectivity index (χ3n) is 5.96. The lowest BCUT2D eigenvalue weighted by atomic mass is 10.1. The maximum absolute atomic E-state index is 13.7. The van der Waals surface area contributed by atoms with Crippen LogP contribution in [0.3, 0.4) is 0 Å². The van der Waals surface area contributed by atoms with Crippen LogP contribution in [0.5, 0.6) is 0 Å². The number of rotatable bonds is 10. The first-order valence-corrected chi connectivity index (χ1v) is 16.2. The fourth-order valence-corrected chi connectivity index (χ4v) is 7.09. The predicted octanol–water partition coefficient (Wildman–Crippen LogP) is 6.18. The van der Waals surface area contributed by atoms with Crippen molar-refractivity contribution in [2.75, 3.05) is 14.2 Å². The Morgan fingerprint density at radius 2 is 1.50 bits per heavy atom. The Labute approximate surface area is 196 Å². The Hall–Kier alpha value is -1.12. The van der Waals surface area contributed by atoms with Gasteiger partial charge in [0.25, 0.3) is 0 Å². The van der Waals surface area contributed by atoms with E-state index in [-0.39, 0.29) is 5.04 Å². The molecular weight excluding hydrogens is 461 g/mol. The highest BCUT2D eigenvalue weighted by Gasteiger charge is 2.47. The van der Waals surface area contributed by atoms with Gasteiger partial charge in [0.15, 0.2) is 14.1 Å². The third kappa shape index (κ3) is 6.47. The molecular formula is C23H36NO5PSSi. The molecule has 32 heavy (non-hydrogen) atoms. The summed E-state index contributed by atoms with van der Waals surface area (Å²) in [6, 6.07) is 16.9. The van der Waals surface area contributed by atoms with E-state index in [0.29, 0.717) is 4.90 Å². The lowest BCUT2D eigenvalue weighted by molar-refractivity contribution is 0.152. The summed E-state index contributed by atoms with van der Waals surface area (Å²) in [6.45, 7) is 12.6. The molecule has 0 aromatic heterocycles. The molecule has 0 amide bonds. The molecule has 0 unspecified atom stereocenters. The zero-order chi connectivity index (χ0) is 24.2. The van der Waals surface area contributed by atoms with E-state index in [2.05, 4.69) is 38.6 Å². The van der Waals surface area contributed by atoms with E-state index in [0.717, 1.165) is 11.1 Å². The molecule has 178 valence electrons. The van der Waals surface area contributed by atoms with Crippen molar-refractivity contribution in [1.29, 1.82) is 0 Å². The summed E-state index contributed by atoms with van der Waals surface area (Å²) < 4.78 is 47.5. The van der Waals surface area contributed by atoms with Crippen LogP contribution in [0.2, 0.25) is 18.1 Å². The maximum atomic E-state index is 13.7. The van der Waals surface area contributed by atoms with E-state index in [1.807, 2.05) is 49.4 Å². The van der Waals surface area contributed by atoms with Gasteiger partial charge in [0.05, 0.1) is 11.0 Å². The van der Waals surface area contributed by atoms with Gasteiger partial charge in [-0.2, -0.15) is 0 Å². The summed E-state index contributed by atoms with van der Waals surface area (Å²) in [4.78, 5) is 0.568. The number of hydrogen-bond acceptors (Lipinski definition) is 5. The molecule has 1 N–H and O–H groups in total. The Kier molecular flexibility index (Phi) is 9.21. The maximum Gasteiger partial charge on any atom is 0.350 e. The quantitative estimate of drug-likeness (QED) is 0.313. The first kappa shape index (κ1) is 27.1. The van der Waals surface area contributed by atoms with Gasteiger partial charge in [-0.1, -0.05) is 68.8 Å². The van der Waals surface area contributed by atoms with Crippen LogP contribution in [0.25, 0.3) is 0 Å². The van der Waals surface area contributed by atoms with Gasteiger partial charge in [0.2, 0.25) is 0 Å². The summed E-state index contributed by atoms with van der Waals surface area (Å²) in [7, 11) is -5.06. The van der Waals surface area contributed by atoms with Crippen LogP contribution in [0.15, 0.2) is 59.5 Å². The minimum absolute atomic E-state index is 0.0924. The van der Waals surface area contributed by atoms with Crippen LogP contribution >= 0.6 is 7.60 Å². The van der Waals surface area contributed by atoms with Crippen LogP contribution < -0.4 is 4.72 Å². The van der Waals surface area contributed by atoms with Gasteiger partial charge in [-0.3, -0.25) is 4.57 Å². The van der Waals surface area contributed by atoms with Crippen molar-refractivity contribution in [3.63, 3.8) is 0 Å². The highest BCUT2D eigenvalue weighted by Crippen LogP contribution is 2.56. The smallest absolute Gasteiger partial charge is 0.350 e. The molecule has 0 saturated carbocycles. The molecule has 0 aliphatic carbocycles. The second-order valence-electron chi connectivity index (χ2n) is 9.26. The highest BCUT2D eigenvalue weighted by molar-refractivity contribution is 7.83. The summed E-state index contributed by atoms with van der Waals surface area (Å²) in [6.07, 6.45) is -0.697. The first-order chi connectivity index (χ1) is 14.8. The van der Waals surface area contributed by atoms with E-state index in [9.17, 15) is 8.77 Å². The minimum atomic E-state index is -3.74. The average molecular weight is 498 g/mol. The van der Waals surface area contributed by atoms with E-state index in [1.165, 1.54) is 14.2 Å². The topological polar surface area (TPSA) is 73.9 Å². The van der Waals surface area contributed by atoms with Gasteiger partial charge in [-0.15, -0.1) is 0 Å². The van der Waals surface area contributed by atoms with Crippen molar-refractivity contribution in [2.45, 2.75) is 62.6 Å². The minimum Gasteiger partial charge on any atom is -0.408 e. The van der Waals surface area contributed by atoms with E-state index >= 15 is 0 Å². The monoisotopic (exact) mass is 497 g/mol. The summed E-state index contributed by atoms with van der Waals surface area (Å²) >= 11 is 0. The van der Waals surface area contributed by atoms with Crippen molar-refractivity contribution < 1.29 is 22.2 Å². The molecule has 2 aromatic rings. The zero-order valence-corrected chi connectivity index (χ0v) is 23.0. The van der Waals surface area contributed by atoms with Gasteiger partial charge in [-0.05, 0) is 42.8 Å². The molecule has 3 atom stereocenters. The number of hydrogen-bond donors (Lipinski definition) is 1. The predicted molar refractivity (Wildman–Crippen MR) is 134 cm³/mol. The largest absolute Gasteiger partial charge is 0.408 e. The van der Waals surface area contributed by atoms with Crippen molar-refractivity contribution in [3.8, 4) is 0 Å². The number of nitrogens with one attached hydrogen (secondary N) is 1. The molecule has 0 fully saturated rings. The number of benzene rings is 2. The molecule has 0 saturated heterocycles. The highest BCUT2D eigenvalue weighted by atomic mass is 32.2. The second kappa shape index (κ2) is 10.9. The van der Waals surface area contributed by atoms with E-state index in [4.69, 9.17) is 13.5 Å². The van der Waals surface area contributed by atoms with Crippen LogP contribution in [0, 0.1) is 6.92 Å². The van der Waals surface area contributed by atoms with Crippen LogP contribution in [-0.4, -0.2) is 32.5 Å².